The van der Waals surface area contributed by atoms with E-state index in [2.05, 4.69) is 11.9 Å². The van der Waals surface area contributed by atoms with Gasteiger partial charge in [-0.1, -0.05) is 90.4 Å². The number of nitrogens with one attached hydrogen (secondary N) is 1. The first-order valence-corrected chi connectivity index (χ1v) is 19.5. The second-order valence-electron chi connectivity index (χ2n) is 12.7. The number of aliphatic hydroxyl groups is 4. The number of aromatic amines is 1. The third-order valence-corrected chi connectivity index (χ3v) is 9.91. The number of rotatable bonds is 28. The van der Waals surface area contributed by atoms with E-state index in [-0.39, 0.29) is 13.2 Å². The van der Waals surface area contributed by atoms with Crippen LogP contribution in [0, 0.1) is 0 Å². The Morgan fingerprint density at radius 2 is 1.44 bits per heavy atom. The molecule has 280 valence electrons. The van der Waals surface area contributed by atoms with E-state index >= 15 is 0 Å². The molecule has 15 heteroatoms. The summed E-state index contributed by atoms with van der Waals surface area (Å²) in [6.07, 6.45) is 10.3. The van der Waals surface area contributed by atoms with Crippen molar-refractivity contribution < 1.29 is 48.2 Å². The molecule has 0 amide bonds. The van der Waals surface area contributed by atoms with Crippen molar-refractivity contribution in [1.82, 2.24) is 9.55 Å². The third-order valence-electron chi connectivity index (χ3n) is 8.34. The number of H-pyrrole nitrogens is 1. The van der Waals surface area contributed by atoms with Crippen LogP contribution in [0.2, 0.25) is 0 Å². The van der Waals surface area contributed by atoms with Gasteiger partial charge in [-0.15, -0.1) is 0 Å². The van der Waals surface area contributed by atoms with Gasteiger partial charge in [0.25, 0.3) is 5.56 Å². The number of aromatic nitrogens is 2. The van der Waals surface area contributed by atoms with Crippen molar-refractivity contribution in [3.63, 3.8) is 0 Å². The summed E-state index contributed by atoms with van der Waals surface area (Å²) in [7, 11) is -4.16. The molecular formula is C33H61N2O12P. The van der Waals surface area contributed by atoms with Crippen molar-refractivity contribution in [2.45, 2.75) is 154 Å². The quantitative estimate of drug-likeness (QED) is 0.0624. The highest BCUT2D eigenvalue weighted by molar-refractivity contribution is 7.53. The van der Waals surface area contributed by atoms with Gasteiger partial charge in [-0.2, -0.15) is 0 Å². The van der Waals surface area contributed by atoms with E-state index in [4.69, 9.17) is 23.3 Å². The molecule has 0 aliphatic carbocycles. The van der Waals surface area contributed by atoms with Crippen molar-refractivity contribution in [2.24, 2.45) is 0 Å². The Balaban J connectivity index is 1.70. The number of hydrogen-bond acceptors (Lipinski definition) is 12. The molecule has 1 aromatic rings. The summed E-state index contributed by atoms with van der Waals surface area (Å²) in [4.78, 5) is 25.5. The Kier molecular flexibility index (Phi) is 21.9. The van der Waals surface area contributed by atoms with Crippen LogP contribution in [-0.4, -0.2) is 99.6 Å². The number of hydrogen-bond donors (Lipinski definition) is 5. The van der Waals surface area contributed by atoms with Gasteiger partial charge < -0.3 is 39.2 Å². The van der Waals surface area contributed by atoms with Crippen molar-refractivity contribution in [1.29, 1.82) is 0 Å². The van der Waals surface area contributed by atoms with E-state index in [9.17, 15) is 34.6 Å². The maximum atomic E-state index is 13.7. The summed E-state index contributed by atoms with van der Waals surface area (Å²) in [6, 6.07) is 1.19. The van der Waals surface area contributed by atoms with Crippen LogP contribution in [0.15, 0.2) is 21.9 Å². The zero-order chi connectivity index (χ0) is 35.2. The molecule has 14 nitrogen and oxygen atoms in total. The summed E-state index contributed by atoms with van der Waals surface area (Å²) >= 11 is 0. The van der Waals surface area contributed by atoms with Crippen LogP contribution in [0.3, 0.4) is 0 Å². The van der Waals surface area contributed by atoms with Gasteiger partial charge >= 0.3 is 13.3 Å². The number of ether oxygens (including phenoxy) is 3. The molecule has 7 atom stereocenters. The topological polar surface area (TPSA) is 199 Å². The monoisotopic (exact) mass is 708 g/mol. The fourth-order valence-electron chi connectivity index (χ4n) is 5.41. The Morgan fingerprint density at radius 3 is 2.02 bits per heavy atom. The van der Waals surface area contributed by atoms with Gasteiger partial charge in [0.15, 0.2) is 6.29 Å². The van der Waals surface area contributed by atoms with Crippen LogP contribution < -0.4 is 11.2 Å². The second-order valence-corrected chi connectivity index (χ2v) is 14.6. The molecule has 5 N–H and O–H groups in total. The minimum Gasteiger partial charge on any atom is -0.394 e. The minimum atomic E-state index is -4.16. The highest BCUT2D eigenvalue weighted by atomic mass is 31.2. The first kappa shape index (κ1) is 42.7. The molecule has 0 aromatic carbocycles. The van der Waals surface area contributed by atoms with Gasteiger partial charge in [-0.25, -0.2) is 4.79 Å². The van der Waals surface area contributed by atoms with Gasteiger partial charge in [-0.05, 0) is 19.8 Å². The van der Waals surface area contributed by atoms with Gasteiger partial charge in [0.1, 0.15) is 30.8 Å². The highest BCUT2D eigenvalue weighted by Crippen LogP contribution is 2.51. The van der Waals surface area contributed by atoms with Crippen molar-refractivity contribution >= 4 is 7.60 Å². The Labute approximate surface area is 284 Å². The zero-order valence-electron chi connectivity index (χ0n) is 28.9. The molecule has 0 spiro atoms. The lowest BCUT2D eigenvalue weighted by Crippen LogP contribution is -2.59. The van der Waals surface area contributed by atoms with Crippen LogP contribution in [0.4, 0.5) is 0 Å². The molecule has 1 aliphatic heterocycles. The third kappa shape index (κ3) is 17.0. The lowest BCUT2D eigenvalue weighted by Gasteiger charge is -2.40. The van der Waals surface area contributed by atoms with Crippen molar-refractivity contribution in [3.8, 4) is 0 Å². The van der Waals surface area contributed by atoms with Crippen molar-refractivity contribution in [3.05, 3.63) is 33.1 Å². The number of unbranched alkanes of at least 4 members (excludes halogenated alkanes) is 13. The maximum Gasteiger partial charge on any atom is 0.358 e. The van der Waals surface area contributed by atoms with Crippen LogP contribution in [0.5, 0.6) is 0 Å². The summed E-state index contributed by atoms with van der Waals surface area (Å²) < 4.78 is 42.8. The molecule has 48 heavy (non-hydrogen) atoms. The van der Waals surface area contributed by atoms with Crippen LogP contribution in [-0.2, 0) is 34.4 Å². The first-order valence-electron chi connectivity index (χ1n) is 17.8. The summed E-state index contributed by atoms with van der Waals surface area (Å²) in [5.41, 5.74) is -1.18. The molecule has 0 bridgehead atoms. The van der Waals surface area contributed by atoms with Gasteiger partial charge in [0.05, 0.1) is 25.9 Å². The Morgan fingerprint density at radius 1 is 0.854 bits per heavy atom. The molecule has 0 saturated carbocycles. The van der Waals surface area contributed by atoms with E-state index in [1.54, 1.807) is 6.92 Å². The maximum absolute atomic E-state index is 13.7. The lowest BCUT2D eigenvalue weighted by molar-refractivity contribution is -0.279. The fraction of sp³-hybridized carbons (Fsp3) is 0.879. The van der Waals surface area contributed by atoms with Crippen LogP contribution >= 0.6 is 7.60 Å². The fourth-order valence-corrected chi connectivity index (χ4v) is 6.94. The second kappa shape index (κ2) is 24.7. The smallest absolute Gasteiger partial charge is 0.358 e. The van der Waals surface area contributed by atoms with E-state index in [0.717, 1.165) is 12.8 Å². The minimum absolute atomic E-state index is 0.0166. The molecule has 2 unspecified atom stereocenters. The molecular weight excluding hydrogens is 647 g/mol. The lowest BCUT2D eigenvalue weighted by atomic mass is 10.00. The molecule has 2 heterocycles. The van der Waals surface area contributed by atoms with E-state index in [1.165, 1.54) is 93.9 Å². The molecule has 1 fully saturated rings. The Hall–Kier alpha value is -1.45. The van der Waals surface area contributed by atoms with Gasteiger partial charge in [0, 0.05) is 25.5 Å². The molecule has 1 aromatic heterocycles. The van der Waals surface area contributed by atoms with Crippen molar-refractivity contribution in [2.75, 3.05) is 32.8 Å². The average molecular weight is 709 g/mol. The van der Waals surface area contributed by atoms with Crippen LogP contribution in [0.1, 0.15) is 110 Å². The van der Waals surface area contributed by atoms with E-state index in [0.29, 0.717) is 19.6 Å². The van der Waals surface area contributed by atoms with E-state index < -0.39 is 68.6 Å². The predicted octanol–water partition coefficient (Wildman–Crippen LogP) is 3.81. The SMILES string of the molecule is CCCCCCCCCCCCCCCCOCCCOP(=O)(COC(C)Cn1ccc(=O)[nH]c1=O)O[C@H]1O[C@H](CO)[C@H](O)[C@H](O)[C@H]1O. The van der Waals surface area contributed by atoms with E-state index in [1.807, 2.05) is 0 Å². The van der Waals surface area contributed by atoms with Gasteiger partial charge in [0.2, 0.25) is 0 Å². The number of nitrogens with zero attached hydrogens (tertiary/aromatic N) is 1. The standard InChI is InChI=1S/C33H61N2O12P/c1-3-4-5-6-7-8-9-10-11-12-13-14-15-16-20-43-21-17-22-45-48(42,47-32-31(40)30(39)29(38)27(24-36)46-32)25-44-26(2)23-35-19-18-28(37)34-33(35)41/h18-19,26-27,29-32,36,38-40H,3-17,20-25H2,1-2H3,(H,34,37,41)/t26?,27-,29+,30+,31-,32-,48?/m1/s1. The summed E-state index contributed by atoms with van der Waals surface area (Å²) in [5.74, 6) is 0. The van der Waals surface area contributed by atoms with Crippen LogP contribution in [0.25, 0.3) is 0 Å². The number of aliphatic hydroxyl groups excluding tert-OH is 4. The molecule has 1 aliphatic rings. The molecule has 1 saturated heterocycles. The van der Waals surface area contributed by atoms with Gasteiger partial charge in [-0.3, -0.25) is 23.4 Å². The predicted molar refractivity (Wildman–Crippen MR) is 181 cm³/mol. The normalized spacial score (nSPS) is 23.2. The zero-order valence-corrected chi connectivity index (χ0v) is 29.8. The summed E-state index contributed by atoms with van der Waals surface area (Å²) in [6.45, 7) is 4.13. The first-order chi connectivity index (χ1) is 23.1. The Bertz CT molecular complexity index is 1130. The highest BCUT2D eigenvalue weighted by Gasteiger charge is 2.47. The molecule has 2 rings (SSSR count). The summed E-state index contributed by atoms with van der Waals surface area (Å²) in [5, 5.41) is 40.1. The molecule has 0 radical (unpaired) electrons. The largest absolute Gasteiger partial charge is 0.394 e. The average Bonchev–Trinajstić information content (AvgIpc) is 3.06.